The van der Waals surface area contributed by atoms with E-state index in [-0.39, 0.29) is 18.2 Å². The predicted molar refractivity (Wildman–Crippen MR) is 74.8 cm³/mol. The molecule has 0 heterocycles. The Morgan fingerprint density at radius 2 is 1.95 bits per heavy atom. The fourth-order valence-corrected chi connectivity index (χ4v) is 2.35. The molecule has 0 spiro atoms. The highest BCUT2D eigenvalue weighted by atomic mass is 16.4. The van der Waals surface area contributed by atoms with E-state index in [1.807, 2.05) is 25.7 Å². The van der Waals surface area contributed by atoms with Crippen LogP contribution in [-0.2, 0) is 9.59 Å². The van der Waals surface area contributed by atoms with Gasteiger partial charge in [-0.05, 0) is 38.5 Å². The van der Waals surface area contributed by atoms with Gasteiger partial charge in [0, 0.05) is 19.5 Å². The van der Waals surface area contributed by atoms with E-state index in [9.17, 15) is 14.7 Å². The van der Waals surface area contributed by atoms with Gasteiger partial charge >= 0.3 is 5.97 Å². The van der Waals surface area contributed by atoms with E-state index >= 15 is 0 Å². The van der Waals surface area contributed by atoms with Crippen LogP contribution in [0.2, 0.25) is 0 Å². The summed E-state index contributed by atoms with van der Waals surface area (Å²) in [6.45, 7) is 8.83. The molecule has 4 nitrogen and oxygen atoms in total. The van der Waals surface area contributed by atoms with Crippen LogP contribution in [0.5, 0.6) is 0 Å². The summed E-state index contributed by atoms with van der Waals surface area (Å²) in [6.07, 6.45) is 3.75. The van der Waals surface area contributed by atoms with E-state index in [1.165, 1.54) is 19.3 Å². The van der Waals surface area contributed by atoms with Gasteiger partial charge in [0.15, 0.2) is 0 Å². The molecule has 110 valence electrons. The number of carboxylic acids is 1. The molecule has 0 aromatic carbocycles. The lowest BCUT2D eigenvalue weighted by Gasteiger charge is -2.35. The van der Waals surface area contributed by atoms with Crippen molar-refractivity contribution in [1.29, 1.82) is 0 Å². The number of rotatable bonds is 7. The average molecular weight is 269 g/mol. The Balaban J connectivity index is 2.66. The smallest absolute Gasteiger partial charge is 0.310 e. The van der Waals surface area contributed by atoms with Crippen molar-refractivity contribution >= 4 is 11.9 Å². The van der Waals surface area contributed by atoms with Gasteiger partial charge in [0.1, 0.15) is 0 Å². The number of aliphatic carboxylic acids is 1. The summed E-state index contributed by atoms with van der Waals surface area (Å²) in [5, 5.41) is 9.37. The van der Waals surface area contributed by atoms with Crippen LogP contribution in [0.25, 0.3) is 0 Å². The van der Waals surface area contributed by atoms with Crippen molar-refractivity contribution in [3.05, 3.63) is 0 Å². The third kappa shape index (κ3) is 3.71. The highest BCUT2D eigenvalue weighted by Gasteiger charge is 2.40. The number of carboxylic acid groups (broad SMARTS) is 1. The number of nitrogens with zero attached hydrogens (tertiary/aromatic N) is 1. The fraction of sp³-hybridized carbons (Fsp3) is 0.867. The molecule has 1 atom stereocenters. The maximum atomic E-state index is 12.3. The van der Waals surface area contributed by atoms with Crippen LogP contribution in [0, 0.1) is 17.3 Å². The molecular formula is C15H27NO3. The minimum atomic E-state index is -0.968. The number of carbonyl (C=O) groups is 2. The SMILES string of the molecule is CCN(CC1CCC1)C(=O)CC(C)(C(=O)O)C(C)C. The Bertz CT molecular complexity index is 336. The zero-order valence-electron chi connectivity index (χ0n) is 12.6. The van der Waals surface area contributed by atoms with Crippen molar-refractivity contribution in [2.45, 2.75) is 53.4 Å². The van der Waals surface area contributed by atoms with Crippen LogP contribution in [0.1, 0.15) is 53.4 Å². The molecule has 0 bridgehead atoms. The van der Waals surface area contributed by atoms with Crippen LogP contribution in [-0.4, -0.2) is 35.0 Å². The van der Waals surface area contributed by atoms with Gasteiger partial charge in [-0.25, -0.2) is 0 Å². The number of hydrogen-bond donors (Lipinski definition) is 1. The summed E-state index contributed by atoms with van der Waals surface area (Å²) < 4.78 is 0. The van der Waals surface area contributed by atoms with Crippen molar-refractivity contribution in [3.8, 4) is 0 Å². The predicted octanol–water partition coefficient (Wildman–Crippen LogP) is 2.77. The van der Waals surface area contributed by atoms with Gasteiger partial charge in [-0.15, -0.1) is 0 Å². The molecule has 1 rings (SSSR count). The van der Waals surface area contributed by atoms with E-state index in [1.54, 1.807) is 6.92 Å². The molecular weight excluding hydrogens is 242 g/mol. The van der Waals surface area contributed by atoms with Crippen molar-refractivity contribution in [3.63, 3.8) is 0 Å². The number of carbonyl (C=O) groups excluding carboxylic acids is 1. The molecule has 1 unspecified atom stereocenters. The van der Waals surface area contributed by atoms with E-state index in [0.717, 1.165) is 6.54 Å². The molecule has 0 radical (unpaired) electrons. The molecule has 0 saturated heterocycles. The molecule has 1 fully saturated rings. The first-order valence-corrected chi connectivity index (χ1v) is 7.32. The Kier molecular flexibility index (Phi) is 5.39. The van der Waals surface area contributed by atoms with E-state index in [4.69, 9.17) is 0 Å². The molecule has 1 aliphatic rings. The molecule has 1 N–H and O–H groups in total. The minimum absolute atomic E-state index is 0.0204. The van der Waals surface area contributed by atoms with Gasteiger partial charge < -0.3 is 10.0 Å². The maximum Gasteiger partial charge on any atom is 0.310 e. The zero-order chi connectivity index (χ0) is 14.6. The van der Waals surface area contributed by atoms with Crippen LogP contribution in [0.15, 0.2) is 0 Å². The Morgan fingerprint density at radius 1 is 1.37 bits per heavy atom. The first-order chi connectivity index (χ1) is 8.81. The van der Waals surface area contributed by atoms with Crippen LogP contribution in [0.3, 0.4) is 0 Å². The van der Waals surface area contributed by atoms with Crippen LogP contribution >= 0.6 is 0 Å². The maximum absolute atomic E-state index is 12.3. The monoisotopic (exact) mass is 269 g/mol. The van der Waals surface area contributed by atoms with Gasteiger partial charge in [-0.1, -0.05) is 20.3 Å². The summed E-state index contributed by atoms with van der Waals surface area (Å²) in [5.74, 6) is -0.334. The molecule has 4 heteroatoms. The number of hydrogen-bond acceptors (Lipinski definition) is 2. The van der Waals surface area contributed by atoms with Crippen molar-refractivity contribution in [1.82, 2.24) is 4.90 Å². The fourth-order valence-electron chi connectivity index (χ4n) is 2.35. The Hall–Kier alpha value is -1.06. The Labute approximate surface area is 116 Å². The quantitative estimate of drug-likeness (QED) is 0.773. The Morgan fingerprint density at radius 3 is 2.26 bits per heavy atom. The summed E-state index contributed by atoms with van der Waals surface area (Å²) in [6, 6.07) is 0. The molecule has 0 aromatic rings. The topological polar surface area (TPSA) is 57.6 Å². The first-order valence-electron chi connectivity index (χ1n) is 7.32. The second-order valence-electron chi connectivity index (χ2n) is 6.28. The molecule has 0 aliphatic heterocycles. The standard InChI is InChI=1S/C15H27NO3/c1-5-16(10-12-7-6-8-12)13(17)9-15(4,11(2)3)14(18)19/h11-12H,5-10H2,1-4H3,(H,18,19). The lowest BCUT2D eigenvalue weighted by molar-refractivity contribution is -0.155. The van der Waals surface area contributed by atoms with Crippen LogP contribution < -0.4 is 0 Å². The summed E-state index contributed by atoms with van der Waals surface area (Å²) in [5.41, 5.74) is -0.968. The third-order valence-electron chi connectivity index (χ3n) is 4.72. The van der Waals surface area contributed by atoms with Gasteiger partial charge in [0.2, 0.25) is 5.91 Å². The first kappa shape index (κ1) is 16.0. The summed E-state index contributed by atoms with van der Waals surface area (Å²) in [7, 11) is 0. The van der Waals surface area contributed by atoms with Gasteiger partial charge in [-0.2, -0.15) is 0 Å². The lowest BCUT2D eigenvalue weighted by atomic mass is 9.76. The van der Waals surface area contributed by atoms with Gasteiger partial charge in [0.05, 0.1) is 5.41 Å². The minimum Gasteiger partial charge on any atom is -0.481 e. The van der Waals surface area contributed by atoms with Crippen molar-refractivity contribution in [2.75, 3.05) is 13.1 Å². The lowest BCUT2D eigenvalue weighted by Crippen LogP contribution is -2.43. The highest BCUT2D eigenvalue weighted by Crippen LogP contribution is 2.33. The molecule has 19 heavy (non-hydrogen) atoms. The third-order valence-corrected chi connectivity index (χ3v) is 4.72. The molecule has 1 aliphatic carbocycles. The van der Waals surface area contributed by atoms with Gasteiger partial charge in [0.25, 0.3) is 0 Å². The van der Waals surface area contributed by atoms with Gasteiger partial charge in [-0.3, -0.25) is 9.59 Å². The zero-order valence-corrected chi connectivity index (χ0v) is 12.6. The normalized spacial score (nSPS) is 18.8. The second kappa shape index (κ2) is 6.40. The van der Waals surface area contributed by atoms with E-state index < -0.39 is 11.4 Å². The van der Waals surface area contributed by atoms with Crippen molar-refractivity contribution < 1.29 is 14.7 Å². The largest absolute Gasteiger partial charge is 0.481 e. The van der Waals surface area contributed by atoms with E-state index in [2.05, 4.69) is 0 Å². The molecule has 0 aromatic heterocycles. The van der Waals surface area contributed by atoms with E-state index in [0.29, 0.717) is 12.5 Å². The average Bonchev–Trinajstić information content (AvgIpc) is 2.26. The van der Waals surface area contributed by atoms with Crippen LogP contribution in [0.4, 0.5) is 0 Å². The summed E-state index contributed by atoms with van der Waals surface area (Å²) >= 11 is 0. The summed E-state index contributed by atoms with van der Waals surface area (Å²) in [4.78, 5) is 25.6. The molecule has 1 amide bonds. The van der Waals surface area contributed by atoms with Crippen molar-refractivity contribution in [2.24, 2.45) is 17.3 Å². The second-order valence-corrected chi connectivity index (χ2v) is 6.28. The molecule has 1 saturated carbocycles. The number of amides is 1. The highest BCUT2D eigenvalue weighted by molar-refractivity contribution is 5.85.